The van der Waals surface area contributed by atoms with Crippen molar-refractivity contribution in [2.24, 2.45) is 5.92 Å². The zero-order valence-electron chi connectivity index (χ0n) is 18.5. The van der Waals surface area contributed by atoms with E-state index < -0.39 is 5.60 Å². The second-order valence-corrected chi connectivity index (χ2v) is 9.20. The summed E-state index contributed by atoms with van der Waals surface area (Å²) in [4.78, 5) is 29.7. The molecule has 2 amide bonds. The van der Waals surface area contributed by atoms with Crippen molar-refractivity contribution in [2.75, 3.05) is 23.0 Å². The van der Waals surface area contributed by atoms with Crippen LogP contribution in [0.15, 0.2) is 48.5 Å². The van der Waals surface area contributed by atoms with Gasteiger partial charge >= 0.3 is 0 Å². The topological polar surface area (TPSA) is 70.1 Å². The molecule has 0 bridgehead atoms. The zero-order chi connectivity index (χ0) is 22.3. The maximum Gasteiger partial charge on any atom is 0.264 e. The number of aliphatic hydroxyl groups is 1. The number of rotatable bonds is 5. The molecule has 3 heterocycles. The molecule has 0 aliphatic carbocycles. The molecule has 2 aromatic rings. The molecule has 32 heavy (non-hydrogen) atoms. The second kappa shape index (κ2) is 8.34. The van der Waals surface area contributed by atoms with Crippen LogP contribution < -0.4 is 9.80 Å². The molecule has 2 saturated heterocycles. The van der Waals surface area contributed by atoms with Crippen LogP contribution in [0.4, 0.5) is 11.4 Å². The van der Waals surface area contributed by atoms with E-state index in [1.807, 2.05) is 58.3 Å². The first-order valence-electron chi connectivity index (χ1n) is 11.6. The summed E-state index contributed by atoms with van der Waals surface area (Å²) < 4.78 is 6.38. The minimum atomic E-state index is -0.976. The highest BCUT2D eigenvalue weighted by Gasteiger charge is 2.59. The van der Waals surface area contributed by atoms with Crippen LogP contribution in [0.3, 0.4) is 0 Å². The normalized spacial score (nSPS) is 27.4. The monoisotopic (exact) mass is 434 g/mol. The second-order valence-electron chi connectivity index (χ2n) is 9.20. The predicted octanol–water partition coefficient (Wildman–Crippen LogP) is 3.75. The van der Waals surface area contributed by atoms with Crippen molar-refractivity contribution in [2.45, 2.75) is 57.3 Å². The first-order chi connectivity index (χ1) is 15.5. The van der Waals surface area contributed by atoms with Gasteiger partial charge < -0.3 is 19.6 Å². The molecule has 1 N–H and O–H groups in total. The molecule has 3 atom stereocenters. The summed E-state index contributed by atoms with van der Waals surface area (Å²) in [5.41, 5.74) is 2.77. The first-order valence-corrected chi connectivity index (χ1v) is 11.6. The number of aliphatic hydroxyl groups excluding tert-OH is 1. The summed E-state index contributed by atoms with van der Waals surface area (Å²) in [6, 6.07) is 15.9. The number of benzene rings is 2. The summed E-state index contributed by atoms with van der Waals surface area (Å²) >= 11 is 0. The highest BCUT2D eigenvalue weighted by molar-refractivity contribution is 6.07. The van der Waals surface area contributed by atoms with Crippen LogP contribution in [-0.4, -0.2) is 36.2 Å². The summed E-state index contributed by atoms with van der Waals surface area (Å²) in [7, 11) is 0. The molecule has 2 aromatic carbocycles. The molecular weight excluding hydrogens is 404 g/mol. The molecule has 3 aliphatic rings. The van der Waals surface area contributed by atoms with E-state index >= 15 is 0 Å². The van der Waals surface area contributed by atoms with Crippen molar-refractivity contribution < 1.29 is 19.4 Å². The number of hydrogen-bond acceptors (Lipinski definition) is 4. The van der Waals surface area contributed by atoms with E-state index in [-0.39, 0.29) is 30.4 Å². The fourth-order valence-corrected chi connectivity index (χ4v) is 5.55. The Hall–Kier alpha value is -2.70. The van der Waals surface area contributed by atoms with Gasteiger partial charge in [0.25, 0.3) is 5.91 Å². The fourth-order valence-electron chi connectivity index (χ4n) is 5.55. The third kappa shape index (κ3) is 3.33. The maximum absolute atomic E-state index is 13.8. The molecule has 6 heteroatoms. The number of anilines is 2. The van der Waals surface area contributed by atoms with Crippen LogP contribution >= 0.6 is 0 Å². The lowest BCUT2D eigenvalue weighted by Crippen LogP contribution is -2.43. The number of hydrogen-bond donors (Lipinski definition) is 1. The highest BCUT2D eigenvalue weighted by atomic mass is 16.5. The van der Waals surface area contributed by atoms with Crippen molar-refractivity contribution >= 4 is 23.2 Å². The standard InChI is InChI=1S/C26H30N2O4/c1-18-16-21(13-15-29)32-26(18)22-6-2-3-7-23(22)28(25(26)31)17-19-9-11-20(12-10-19)27-14-5-4-8-24(27)30/h2-3,6-7,9-12,18,21,29H,4-5,8,13-17H2,1H3/t18-,21+,26+/m0/s1. The van der Waals surface area contributed by atoms with Gasteiger partial charge in [0.05, 0.1) is 18.3 Å². The van der Waals surface area contributed by atoms with Gasteiger partial charge in [-0.25, -0.2) is 0 Å². The Bertz CT molecular complexity index is 1020. The van der Waals surface area contributed by atoms with Crippen LogP contribution in [0, 0.1) is 5.92 Å². The van der Waals surface area contributed by atoms with Crippen molar-refractivity contribution in [3.8, 4) is 0 Å². The van der Waals surface area contributed by atoms with Crippen LogP contribution in [0.25, 0.3) is 0 Å². The lowest BCUT2D eigenvalue weighted by atomic mass is 9.83. The lowest BCUT2D eigenvalue weighted by Gasteiger charge is -2.28. The lowest BCUT2D eigenvalue weighted by molar-refractivity contribution is -0.146. The van der Waals surface area contributed by atoms with E-state index in [1.165, 1.54) is 0 Å². The van der Waals surface area contributed by atoms with Gasteiger partial charge in [0.2, 0.25) is 5.91 Å². The number of carbonyl (C=O) groups excluding carboxylic acids is 2. The molecule has 5 rings (SSSR count). The number of carbonyl (C=O) groups is 2. The zero-order valence-corrected chi connectivity index (χ0v) is 18.5. The molecule has 6 nitrogen and oxygen atoms in total. The number of ether oxygens (including phenoxy) is 1. The average Bonchev–Trinajstić information content (AvgIpc) is 3.25. The summed E-state index contributed by atoms with van der Waals surface area (Å²) in [6.07, 6.45) is 3.78. The van der Waals surface area contributed by atoms with Gasteiger partial charge in [0.15, 0.2) is 5.60 Å². The molecule has 0 saturated carbocycles. The predicted molar refractivity (Wildman–Crippen MR) is 122 cm³/mol. The van der Waals surface area contributed by atoms with E-state index in [0.717, 1.165) is 48.3 Å². The smallest absolute Gasteiger partial charge is 0.264 e. The minimum absolute atomic E-state index is 0.0260. The number of fused-ring (bicyclic) bond motifs is 2. The fraction of sp³-hybridized carbons (Fsp3) is 0.462. The molecule has 3 aliphatic heterocycles. The summed E-state index contributed by atoms with van der Waals surface area (Å²) in [5.74, 6) is 0.187. The van der Waals surface area contributed by atoms with Gasteiger partial charge in [-0.2, -0.15) is 0 Å². The SMILES string of the molecule is C[C@H]1C[C@@H](CCO)O[C@]12C(=O)N(Cc1ccc(N3CCCCC3=O)cc1)c1ccccc12. The highest BCUT2D eigenvalue weighted by Crippen LogP contribution is 2.53. The van der Waals surface area contributed by atoms with Gasteiger partial charge in [-0.05, 0) is 49.4 Å². The van der Waals surface area contributed by atoms with Gasteiger partial charge in [0, 0.05) is 36.7 Å². The van der Waals surface area contributed by atoms with Crippen molar-refractivity contribution in [1.82, 2.24) is 0 Å². The Labute approximate surface area is 188 Å². The molecule has 0 aromatic heterocycles. The first kappa shape index (κ1) is 21.2. The van der Waals surface area contributed by atoms with Gasteiger partial charge in [-0.3, -0.25) is 9.59 Å². The molecule has 0 unspecified atom stereocenters. The van der Waals surface area contributed by atoms with Gasteiger partial charge in [-0.1, -0.05) is 37.3 Å². The van der Waals surface area contributed by atoms with Crippen LogP contribution in [0.2, 0.25) is 0 Å². The van der Waals surface area contributed by atoms with Gasteiger partial charge in [-0.15, -0.1) is 0 Å². The van der Waals surface area contributed by atoms with Crippen LogP contribution in [0.1, 0.15) is 50.2 Å². The van der Waals surface area contributed by atoms with Crippen molar-refractivity contribution in [1.29, 1.82) is 0 Å². The molecule has 1 spiro atoms. The Morgan fingerprint density at radius 1 is 1.09 bits per heavy atom. The van der Waals surface area contributed by atoms with E-state index in [4.69, 9.17) is 4.74 Å². The number of nitrogens with zero attached hydrogens (tertiary/aromatic N) is 2. The molecular formula is C26H30N2O4. The van der Waals surface area contributed by atoms with Crippen molar-refractivity contribution in [3.05, 3.63) is 59.7 Å². The Morgan fingerprint density at radius 3 is 2.62 bits per heavy atom. The molecule has 0 radical (unpaired) electrons. The number of piperidine rings is 1. The third-order valence-corrected chi connectivity index (χ3v) is 7.18. The van der Waals surface area contributed by atoms with Crippen LogP contribution in [0.5, 0.6) is 0 Å². The van der Waals surface area contributed by atoms with E-state index in [9.17, 15) is 14.7 Å². The van der Waals surface area contributed by atoms with Gasteiger partial charge in [0.1, 0.15) is 0 Å². The molecule has 2 fully saturated rings. The van der Waals surface area contributed by atoms with E-state index in [1.54, 1.807) is 0 Å². The van der Waals surface area contributed by atoms with E-state index in [0.29, 0.717) is 19.4 Å². The molecule has 168 valence electrons. The summed E-state index contributed by atoms with van der Waals surface area (Å²) in [6.45, 7) is 3.34. The Morgan fingerprint density at radius 2 is 1.88 bits per heavy atom. The average molecular weight is 435 g/mol. The number of para-hydroxylation sites is 1. The van der Waals surface area contributed by atoms with Crippen molar-refractivity contribution in [3.63, 3.8) is 0 Å². The Kier molecular flexibility index (Phi) is 5.51. The Balaban J connectivity index is 1.41. The third-order valence-electron chi connectivity index (χ3n) is 7.18. The number of amides is 2. The van der Waals surface area contributed by atoms with Crippen LogP contribution in [-0.2, 0) is 26.5 Å². The maximum atomic E-state index is 13.8. The quantitative estimate of drug-likeness (QED) is 0.778. The summed E-state index contributed by atoms with van der Waals surface area (Å²) in [5, 5.41) is 9.39. The van der Waals surface area contributed by atoms with E-state index in [2.05, 4.69) is 6.92 Å². The largest absolute Gasteiger partial charge is 0.396 e. The minimum Gasteiger partial charge on any atom is -0.396 e.